The summed E-state index contributed by atoms with van der Waals surface area (Å²) in [6.45, 7) is 4.70. The number of aliphatic hydroxyl groups is 1. The number of nitrogens with two attached hydrogens (primary N) is 1. The van der Waals surface area contributed by atoms with Crippen LogP contribution in [-0.4, -0.2) is 27.7 Å². The molecule has 0 bridgehead atoms. The van der Waals surface area contributed by atoms with Crippen LogP contribution in [0.15, 0.2) is 6.07 Å². The van der Waals surface area contributed by atoms with E-state index in [2.05, 4.69) is 34.6 Å². The molecule has 1 atom stereocenters. The molecule has 0 amide bonds. The molecule has 0 radical (unpaired) electrons. The monoisotopic (exact) mass is 279 g/mol. The smallest absolute Gasteiger partial charge is 0.145 e. The molecular formula is C14H25N5O. The van der Waals surface area contributed by atoms with E-state index in [4.69, 9.17) is 5.84 Å². The summed E-state index contributed by atoms with van der Waals surface area (Å²) in [5.41, 5.74) is 2.57. The molecule has 1 heterocycles. The van der Waals surface area contributed by atoms with Crippen molar-refractivity contribution in [2.45, 2.75) is 51.6 Å². The van der Waals surface area contributed by atoms with Gasteiger partial charge in [0.25, 0.3) is 0 Å². The summed E-state index contributed by atoms with van der Waals surface area (Å²) in [6.07, 6.45) is 3.88. The fourth-order valence-corrected chi connectivity index (χ4v) is 2.36. The number of hydrogen-bond donors (Lipinski definition) is 4. The van der Waals surface area contributed by atoms with Crippen molar-refractivity contribution in [3.63, 3.8) is 0 Å². The van der Waals surface area contributed by atoms with E-state index in [1.807, 2.05) is 0 Å². The lowest BCUT2D eigenvalue weighted by Crippen LogP contribution is -2.28. The Balaban J connectivity index is 1.99. The predicted molar refractivity (Wildman–Crippen MR) is 80.4 cm³/mol. The van der Waals surface area contributed by atoms with Crippen molar-refractivity contribution < 1.29 is 5.11 Å². The maximum Gasteiger partial charge on any atom is 0.145 e. The molecule has 6 nitrogen and oxygen atoms in total. The van der Waals surface area contributed by atoms with Crippen molar-refractivity contribution in [3.8, 4) is 0 Å². The van der Waals surface area contributed by atoms with Gasteiger partial charge in [-0.1, -0.05) is 26.7 Å². The largest absolute Gasteiger partial charge is 0.391 e. The number of rotatable bonds is 8. The molecule has 2 rings (SSSR count). The highest BCUT2D eigenvalue weighted by molar-refractivity contribution is 5.47. The van der Waals surface area contributed by atoms with E-state index < -0.39 is 0 Å². The Kier molecular flexibility index (Phi) is 5.14. The molecule has 1 aromatic heterocycles. The Hall–Kier alpha value is -1.40. The minimum atomic E-state index is -0.362. The first-order valence-electron chi connectivity index (χ1n) is 7.45. The van der Waals surface area contributed by atoms with Crippen LogP contribution in [0.25, 0.3) is 0 Å². The summed E-state index contributed by atoms with van der Waals surface area (Å²) in [7, 11) is 0. The van der Waals surface area contributed by atoms with Gasteiger partial charge in [-0.05, 0) is 18.8 Å². The van der Waals surface area contributed by atoms with Gasteiger partial charge in [0.1, 0.15) is 17.5 Å². The molecule has 0 spiro atoms. The molecule has 1 aromatic rings. The van der Waals surface area contributed by atoms with E-state index in [1.54, 1.807) is 6.07 Å². The number of hydrazine groups is 1. The zero-order chi connectivity index (χ0) is 14.5. The van der Waals surface area contributed by atoms with Crippen molar-refractivity contribution in [2.75, 3.05) is 17.3 Å². The molecule has 1 aliphatic rings. The number of nitrogens with zero attached hydrogens (tertiary/aromatic N) is 2. The van der Waals surface area contributed by atoms with Gasteiger partial charge in [-0.2, -0.15) is 0 Å². The Morgan fingerprint density at radius 2 is 1.95 bits per heavy atom. The third kappa shape index (κ3) is 3.80. The first-order chi connectivity index (χ1) is 9.67. The molecule has 20 heavy (non-hydrogen) atoms. The fraction of sp³-hybridized carbons (Fsp3) is 0.714. The lowest BCUT2D eigenvalue weighted by atomic mass is 9.97. The highest BCUT2D eigenvalue weighted by Gasteiger charge is 2.27. The molecule has 0 saturated heterocycles. The number of aliphatic hydroxyl groups excluding tert-OH is 1. The summed E-state index contributed by atoms with van der Waals surface area (Å²) in [4.78, 5) is 8.86. The van der Waals surface area contributed by atoms with Crippen molar-refractivity contribution in [1.82, 2.24) is 9.97 Å². The van der Waals surface area contributed by atoms with Crippen LogP contribution in [0.5, 0.6) is 0 Å². The topological polar surface area (TPSA) is 96.1 Å². The van der Waals surface area contributed by atoms with Crippen LogP contribution >= 0.6 is 0 Å². The van der Waals surface area contributed by atoms with Crippen LogP contribution in [0, 0.1) is 5.92 Å². The Bertz CT molecular complexity index is 432. The number of nitrogens with one attached hydrogen (secondary N) is 2. The Labute approximate surface area is 120 Å². The van der Waals surface area contributed by atoms with Crippen molar-refractivity contribution >= 4 is 11.6 Å². The van der Waals surface area contributed by atoms with E-state index in [0.29, 0.717) is 24.2 Å². The van der Waals surface area contributed by atoms with Gasteiger partial charge in [0, 0.05) is 18.5 Å². The molecule has 112 valence electrons. The minimum Gasteiger partial charge on any atom is -0.391 e. The van der Waals surface area contributed by atoms with Crippen LogP contribution in [-0.2, 0) is 0 Å². The second-order valence-corrected chi connectivity index (χ2v) is 5.44. The summed E-state index contributed by atoms with van der Waals surface area (Å²) < 4.78 is 0. The SMILES string of the molecule is CCC(CC)C(O)CNc1cc(NN)nc(C2CC2)n1. The van der Waals surface area contributed by atoms with E-state index in [1.165, 1.54) is 0 Å². The first kappa shape index (κ1) is 15.0. The van der Waals surface area contributed by atoms with Crippen molar-refractivity contribution in [1.29, 1.82) is 0 Å². The quantitative estimate of drug-likeness (QED) is 0.428. The molecule has 5 N–H and O–H groups in total. The number of anilines is 2. The third-order valence-electron chi connectivity index (χ3n) is 3.92. The van der Waals surface area contributed by atoms with E-state index in [0.717, 1.165) is 37.3 Å². The van der Waals surface area contributed by atoms with Crippen LogP contribution in [0.4, 0.5) is 11.6 Å². The van der Waals surface area contributed by atoms with E-state index in [9.17, 15) is 5.11 Å². The zero-order valence-electron chi connectivity index (χ0n) is 12.3. The Morgan fingerprint density at radius 1 is 1.30 bits per heavy atom. The van der Waals surface area contributed by atoms with Crippen LogP contribution in [0.1, 0.15) is 51.3 Å². The maximum atomic E-state index is 10.1. The van der Waals surface area contributed by atoms with Gasteiger partial charge in [0.15, 0.2) is 0 Å². The average molecular weight is 279 g/mol. The van der Waals surface area contributed by atoms with Crippen molar-refractivity contribution in [2.24, 2.45) is 11.8 Å². The molecule has 0 aliphatic heterocycles. The van der Waals surface area contributed by atoms with Gasteiger partial charge in [0.05, 0.1) is 6.10 Å². The number of aromatic nitrogens is 2. The van der Waals surface area contributed by atoms with Crippen LogP contribution in [0.2, 0.25) is 0 Å². The van der Waals surface area contributed by atoms with Gasteiger partial charge in [-0.25, -0.2) is 15.8 Å². The highest BCUT2D eigenvalue weighted by Crippen LogP contribution is 2.38. The van der Waals surface area contributed by atoms with Gasteiger partial charge >= 0.3 is 0 Å². The third-order valence-corrected chi connectivity index (χ3v) is 3.92. The second kappa shape index (κ2) is 6.85. The molecular weight excluding hydrogens is 254 g/mol. The fourth-order valence-electron chi connectivity index (χ4n) is 2.36. The highest BCUT2D eigenvalue weighted by atomic mass is 16.3. The zero-order valence-corrected chi connectivity index (χ0v) is 12.3. The summed E-state index contributed by atoms with van der Waals surface area (Å²) >= 11 is 0. The van der Waals surface area contributed by atoms with Crippen LogP contribution < -0.4 is 16.6 Å². The van der Waals surface area contributed by atoms with Gasteiger partial charge in [0.2, 0.25) is 0 Å². The Morgan fingerprint density at radius 3 is 2.50 bits per heavy atom. The number of nitrogen functional groups attached to an aromatic ring is 1. The van der Waals surface area contributed by atoms with Gasteiger partial charge in [-0.15, -0.1) is 0 Å². The molecule has 1 fully saturated rings. The molecule has 1 saturated carbocycles. The molecule has 1 aliphatic carbocycles. The summed E-state index contributed by atoms with van der Waals surface area (Å²) in [6, 6.07) is 1.77. The molecule has 0 aromatic carbocycles. The first-order valence-corrected chi connectivity index (χ1v) is 7.45. The summed E-state index contributed by atoms with van der Waals surface area (Å²) in [5.74, 6) is 8.39. The van der Waals surface area contributed by atoms with E-state index in [-0.39, 0.29) is 6.10 Å². The lowest BCUT2D eigenvalue weighted by molar-refractivity contribution is 0.114. The number of hydrogen-bond acceptors (Lipinski definition) is 6. The normalized spacial score (nSPS) is 16.2. The maximum absolute atomic E-state index is 10.1. The van der Waals surface area contributed by atoms with E-state index >= 15 is 0 Å². The summed E-state index contributed by atoms with van der Waals surface area (Å²) in [5, 5.41) is 13.3. The minimum absolute atomic E-state index is 0.319. The predicted octanol–water partition coefficient (Wildman–Crippen LogP) is 1.85. The standard InChI is InChI=1S/C14H25N5O/c1-3-9(4-2)11(20)8-16-12-7-13(19-15)18-14(17-12)10-5-6-10/h7,9-11,20H,3-6,8,15H2,1-2H3,(H2,16,17,18,19). The van der Waals surface area contributed by atoms with Gasteiger partial charge in [-0.3, -0.25) is 0 Å². The van der Waals surface area contributed by atoms with Crippen molar-refractivity contribution in [3.05, 3.63) is 11.9 Å². The molecule has 6 heteroatoms. The molecule has 1 unspecified atom stereocenters. The lowest BCUT2D eigenvalue weighted by Gasteiger charge is -2.20. The van der Waals surface area contributed by atoms with Crippen LogP contribution in [0.3, 0.4) is 0 Å². The van der Waals surface area contributed by atoms with Gasteiger partial charge < -0.3 is 15.8 Å². The second-order valence-electron chi connectivity index (χ2n) is 5.44. The average Bonchev–Trinajstić information content (AvgIpc) is 3.30.